The van der Waals surface area contributed by atoms with Gasteiger partial charge < -0.3 is 5.73 Å². The van der Waals surface area contributed by atoms with Crippen LogP contribution < -0.4 is 5.73 Å². The fraction of sp³-hybridized carbons (Fsp3) is 0.412. The highest BCUT2D eigenvalue weighted by Crippen LogP contribution is 2.22. The van der Waals surface area contributed by atoms with Gasteiger partial charge in [-0.1, -0.05) is 49.4 Å². The number of nitrogens with zero attached hydrogens (tertiary/aromatic N) is 1. The predicted molar refractivity (Wildman–Crippen MR) is 81.0 cm³/mol. The highest BCUT2D eigenvalue weighted by Gasteiger charge is 2.23. The summed E-state index contributed by atoms with van der Waals surface area (Å²) in [4.78, 5) is 2.54. The Bertz CT molecular complexity index is 559. The lowest BCUT2D eigenvalue weighted by Crippen LogP contribution is -2.45. The summed E-state index contributed by atoms with van der Waals surface area (Å²) < 4.78 is 0. The number of hydrogen-bond acceptors (Lipinski definition) is 2. The third kappa shape index (κ3) is 2.65. The van der Waals surface area contributed by atoms with Gasteiger partial charge in [-0.2, -0.15) is 0 Å². The van der Waals surface area contributed by atoms with E-state index in [9.17, 15) is 0 Å². The average Bonchev–Trinajstić information content (AvgIpc) is 2.43. The number of piperidine rings is 1. The molecule has 0 spiro atoms. The Morgan fingerprint density at radius 3 is 2.79 bits per heavy atom. The first-order valence-electron chi connectivity index (χ1n) is 7.18. The minimum atomic E-state index is 0.378. The van der Waals surface area contributed by atoms with Gasteiger partial charge in [-0.05, 0) is 35.2 Å². The maximum Gasteiger partial charge on any atom is 0.0240 e. The topological polar surface area (TPSA) is 29.3 Å². The first kappa shape index (κ1) is 12.6. The van der Waals surface area contributed by atoms with Crippen molar-refractivity contribution in [3.05, 3.63) is 48.0 Å². The summed E-state index contributed by atoms with van der Waals surface area (Å²) in [7, 11) is 0. The van der Waals surface area contributed by atoms with Crippen molar-refractivity contribution in [3.63, 3.8) is 0 Å². The molecule has 3 rings (SSSR count). The summed E-state index contributed by atoms with van der Waals surface area (Å²) in [6.07, 6.45) is 1.12. The number of fused-ring (bicyclic) bond motifs is 1. The van der Waals surface area contributed by atoms with E-state index in [4.69, 9.17) is 5.73 Å². The zero-order valence-electron chi connectivity index (χ0n) is 11.5. The van der Waals surface area contributed by atoms with Gasteiger partial charge in [0.1, 0.15) is 0 Å². The van der Waals surface area contributed by atoms with Crippen LogP contribution in [-0.4, -0.2) is 24.0 Å². The first-order valence-corrected chi connectivity index (χ1v) is 7.18. The highest BCUT2D eigenvalue weighted by molar-refractivity contribution is 5.85. The van der Waals surface area contributed by atoms with Crippen molar-refractivity contribution < 1.29 is 0 Å². The van der Waals surface area contributed by atoms with Gasteiger partial charge >= 0.3 is 0 Å². The van der Waals surface area contributed by atoms with Gasteiger partial charge in [0.15, 0.2) is 0 Å². The van der Waals surface area contributed by atoms with Crippen LogP contribution in [0.1, 0.15) is 18.9 Å². The summed E-state index contributed by atoms with van der Waals surface area (Å²) in [5.74, 6) is 0.601. The molecule has 0 aromatic heterocycles. The lowest BCUT2D eigenvalue weighted by atomic mass is 9.94. The second-order valence-corrected chi connectivity index (χ2v) is 5.80. The van der Waals surface area contributed by atoms with E-state index >= 15 is 0 Å². The third-order valence-corrected chi connectivity index (χ3v) is 4.33. The van der Waals surface area contributed by atoms with Crippen molar-refractivity contribution in [3.8, 4) is 0 Å². The van der Waals surface area contributed by atoms with Crippen molar-refractivity contribution in [1.29, 1.82) is 0 Å². The molecule has 1 heterocycles. The van der Waals surface area contributed by atoms with Crippen molar-refractivity contribution >= 4 is 10.8 Å². The number of rotatable bonds is 2. The lowest BCUT2D eigenvalue weighted by molar-refractivity contribution is 0.158. The Labute approximate surface area is 115 Å². The van der Waals surface area contributed by atoms with Crippen LogP contribution in [0.4, 0.5) is 0 Å². The largest absolute Gasteiger partial charge is 0.327 e. The fourth-order valence-corrected chi connectivity index (χ4v) is 3.06. The number of nitrogens with two attached hydrogens (primary N) is 1. The van der Waals surface area contributed by atoms with E-state index in [2.05, 4.69) is 54.3 Å². The molecule has 2 unspecified atom stereocenters. The van der Waals surface area contributed by atoms with Crippen molar-refractivity contribution in [2.75, 3.05) is 13.1 Å². The third-order valence-electron chi connectivity index (χ3n) is 4.33. The van der Waals surface area contributed by atoms with Crippen LogP contribution in [0.25, 0.3) is 10.8 Å². The summed E-state index contributed by atoms with van der Waals surface area (Å²) in [6, 6.07) is 15.6. The van der Waals surface area contributed by atoms with Crippen LogP contribution in [0.5, 0.6) is 0 Å². The molecule has 2 N–H and O–H groups in total. The van der Waals surface area contributed by atoms with Gasteiger partial charge in [0.05, 0.1) is 0 Å². The van der Waals surface area contributed by atoms with E-state index in [1.54, 1.807) is 0 Å². The SMILES string of the molecule is CC1CN(Cc2cccc3ccccc23)CCC1N. The van der Waals surface area contributed by atoms with E-state index in [-0.39, 0.29) is 0 Å². The van der Waals surface area contributed by atoms with Crippen LogP contribution in [0.2, 0.25) is 0 Å². The minimum absolute atomic E-state index is 0.378. The van der Waals surface area contributed by atoms with E-state index < -0.39 is 0 Å². The summed E-state index contributed by atoms with van der Waals surface area (Å²) in [5, 5.41) is 2.72. The summed E-state index contributed by atoms with van der Waals surface area (Å²) in [6.45, 7) is 5.54. The minimum Gasteiger partial charge on any atom is -0.327 e. The maximum atomic E-state index is 6.10. The normalized spacial score (nSPS) is 24.7. The number of likely N-dealkylation sites (tertiary alicyclic amines) is 1. The second kappa shape index (κ2) is 5.32. The van der Waals surface area contributed by atoms with Crippen molar-refractivity contribution in [1.82, 2.24) is 4.90 Å². The smallest absolute Gasteiger partial charge is 0.0240 e. The van der Waals surface area contributed by atoms with E-state index in [0.29, 0.717) is 12.0 Å². The molecule has 0 aliphatic carbocycles. The van der Waals surface area contributed by atoms with Crippen LogP contribution in [0, 0.1) is 5.92 Å². The number of hydrogen-bond donors (Lipinski definition) is 1. The van der Waals surface area contributed by atoms with Crippen molar-refractivity contribution in [2.24, 2.45) is 11.7 Å². The molecule has 2 aromatic rings. The molecular weight excluding hydrogens is 232 g/mol. The van der Waals surface area contributed by atoms with E-state index in [1.165, 1.54) is 16.3 Å². The zero-order chi connectivity index (χ0) is 13.2. The standard InChI is InChI=1S/C17H22N2/c1-13-11-19(10-9-17(13)18)12-15-7-4-6-14-5-2-3-8-16(14)15/h2-8,13,17H,9-12,18H2,1H3. The molecule has 1 saturated heterocycles. The molecule has 0 saturated carbocycles. The molecule has 100 valence electrons. The van der Waals surface area contributed by atoms with Gasteiger partial charge in [-0.15, -0.1) is 0 Å². The van der Waals surface area contributed by atoms with Crippen LogP contribution >= 0.6 is 0 Å². The molecule has 0 amide bonds. The van der Waals surface area contributed by atoms with Crippen molar-refractivity contribution in [2.45, 2.75) is 25.9 Å². The molecule has 1 aliphatic heterocycles. The Morgan fingerprint density at radius 2 is 1.95 bits per heavy atom. The highest BCUT2D eigenvalue weighted by atomic mass is 15.1. The number of benzene rings is 2. The Balaban J connectivity index is 1.82. The van der Waals surface area contributed by atoms with Gasteiger partial charge in [0.2, 0.25) is 0 Å². The second-order valence-electron chi connectivity index (χ2n) is 5.80. The Hall–Kier alpha value is -1.38. The monoisotopic (exact) mass is 254 g/mol. The Kier molecular flexibility index (Phi) is 3.54. The van der Waals surface area contributed by atoms with Crippen LogP contribution in [0.3, 0.4) is 0 Å². The molecule has 2 atom stereocenters. The van der Waals surface area contributed by atoms with Crippen LogP contribution in [-0.2, 0) is 6.54 Å². The molecule has 2 aromatic carbocycles. The quantitative estimate of drug-likeness (QED) is 0.892. The zero-order valence-corrected chi connectivity index (χ0v) is 11.5. The van der Waals surface area contributed by atoms with E-state index in [0.717, 1.165) is 26.1 Å². The van der Waals surface area contributed by atoms with Gasteiger partial charge in [-0.3, -0.25) is 4.90 Å². The summed E-state index contributed by atoms with van der Waals surface area (Å²) in [5.41, 5.74) is 7.53. The molecule has 2 nitrogen and oxygen atoms in total. The molecule has 0 radical (unpaired) electrons. The molecule has 19 heavy (non-hydrogen) atoms. The molecule has 1 fully saturated rings. The Morgan fingerprint density at radius 1 is 1.16 bits per heavy atom. The van der Waals surface area contributed by atoms with Gasteiger partial charge in [-0.25, -0.2) is 0 Å². The first-order chi connectivity index (χ1) is 9.24. The predicted octanol–water partition coefficient (Wildman–Crippen LogP) is 3.01. The molecule has 0 bridgehead atoms. The lowest BCUT2D eigenvalue weighted by Gasteiger charge is -2.35. The van der Waals surface area contributed by atoms with E-state index in [1.807, 2.05) is 0 Å². The maximum absolute atomic E-state index is 6.10. The molecule has 2 heteroatoms. The van der Waals surface area contributed by atoms with Gasteiger partial charge in [0, 0.05) is 19.1 Å². The van der Waals surface area contributed by atoms with Gasteiger partial charge in [0.25, 0.3) is 0 Å². The molecule has 1 aliphatic rings. The summed E-state index contributed by atoms with van der Waals surface area (Å²) >= 11 is 0. The fourth-order valence-electron chi connectivity index (χ4n) is 3.06. The van der Waals surface area contributed by atoms with Crippen LogP contribution in [0.15, 0.2) is 42.5 Å². The molecular formula is C17H22N2. The average molecular weight is 254 g/mol.